The van der Waals surface area contributed by atoms with Crippen LogP contribution in [0.1, 0.15) is 61.5 Å². The molecule has 2 aliphatic rings. The number of rotatable bonds is 7. The molecule has 0 radical (unpaired) electrons. The molecule has 0 atom stereocenters. The number of hydrogen-bond donors (Lipinski definition) is 0. The van der Waals surface area contributed by atoms with Gasteiger partial charge in [-0.3, -0.25) is 0 Å². The van der Waals surface area contributed by atoms with Crippen LogP contribution in [0.5, 0.6) is 0 Å². The van der Waals surface area contributed by atoms with Crippen molar-refractivity contribution in [3.8, 4) is 62.2 Å². The van der Waals surface area contributed by atoms with Crippen LogP contribution in [0.3, 0.4) is 0 Å². The highest BCUT2D eigenvalue weighted by Gasteiger charge is 2.44. The Kier molecular flexibility index (Phi) is 8.56. The first-order valence-electron chi connectivity index (χ1n) is 17.8. The molecule has 1 spiro atoms. The summed E-state index contributed by atoms with van der Waals surface area (Å²) in [7, 11) is 0. The van der Waals surface area contributed by atoms with Gasteiger partial charge >= 0.3 is 0 Å². The van der Waals surface area contributed by atoms with Crippen LogP contribution in [-0.4, -0.2) is 15.0 Å². The second kappa shape index (κ2) is 13.6. The van der Waals surface area contributed by atoms with Gasteiger partial charge in [0.1, 0.15) is 0 Å². The van der Waals surface area contributed by atoms with Crippen molar-refractivity contribution in [2.45, 2.75) is 44.4 Å². The van der Waals surface area contributed by atoms with Crippen LogP contribution in [0.4, 0.5) is 0 Å². The minimum atomic E-state index is -0.0433. The Balaban J connectivity index is 1.20. The fourth-order valence-corrected chi connectivity index (χ4v) is 7.85. The normalized spacial score (nSPS) is 14.4. The lowest BCUT2D eigenvalue weighted by Gasteiger charge is -2.36. The zero-order valence-electron chi connectivity index (χ0n) is 28.8. The second-order valence-corrected chi connectivity index (χ2v) is 13.5. The van der Waals surface area contributed by atoms with Gasteiger partial charge in [-0.05, 0) is 88.5 Å². The topological polar surface area (TPSA) is 62.5 Å². The molecule has 1 saturated carbocycles. The minimum Gasteiger partial charge on any atom is -0.208 e. The number of nitriles is 1. The Morgan fingerprint density at radius 1 is 0.627 bits per heavy atom. The highest BCUT2D eigenvalue weighted by atomic mass is 15.0. The minimum absolute atomic E-state index is 0.0433. The summed E-state index contributed by atoms with van der Waals surface area (Å²) < 4.78 is 0. The van der Waals surface area contributed by atoms with Crippen molar-refractivity contribution in [3.05, 3.63) is 169 Å². The highest BCUT2D eigenvalue weighted by Crippen LogP contribution is 2.56. The second-order valence-electron chi connectivity index (χ2n) is 13.5. The maximum absolute atomic E-state index is 9.74. The Morgan fingerprint density at radius 2 is 1.24 bits per heavy atom. The van der Waals surface area contributed by atoms with Gasteiger partial charge in [0.05, 0.1) is 11.6 Å². The average molecular weight is 659 g/mol. The van der Waals surface area contributed by atoms with E-state index in [9.17, 15) is 5.26 Å². The molecule has 0 bridgehead atoms. The number of nitrogens with zero attached hydrogens (tertiary/aromatic N) is 4. The van der Waals surface area contributed by atoms with E-state index in [1.54, 1.807) is 0 Å². The maximum Gasteiger partial charge on any atom is 0.164 e. The standard InChI is InChI=1S/C47H38N4/c1-3-4-7-13-32(2)44-49-45(36-21-19-35(20-22-36)34-14-8-5-9-15-34)51-46(50-44)39-17-12-16-37(29-39)38-23-25-41-40-24-18-33(31-48)28-42(40)47(43(41)30-38)26-10-6-11-27-47/h3-5,7-9,12-25,28-30H,2,6,10-11,26-27H2,1H3/b4-3-,13-7-. The summed E-state index contributed by atoms with van der Waals surface area (Å²) in [5, 5.41) is 9.74. The monoisotopic (exact) mass is 658 g/mol. The van der Waals surface area contributed by atoms with Gasteiger partial charge in [-0.15, -0.1) is 0 Å². The maximum atomic E-state index is 9.74. The molecular weight excluding hydrogens is 621 g/mol. The predicted molar refractivity (Wildman–Crippen MR) is 209 cm³/mol. The van der Waals surface area contributed by atoms with E-state index < -0.39 is 0 Å². The summed E-state index contributed by atoms with van der Waals surface area (Å²) in [6.45, 7) is 6.28. The molecule has 8 rings (SSSR count). The van der Waals surface area contributed by atoms with Crippen LogP contribution in [0, 0.1) is 11.3 Å². The molecule has 0 saturated heterocycles. The quantitative estimate of drug-likeness (QED) is 0.160. The van der Waals surface area contributed by atoms with Crippen LogP contribution >= 0.6 is 0 Å². The van der Waals surface area contributed by atoms with E-state index >= 15 is 0 Å². The zero-order chi connectivity index (χ0) is 34.8. The number of fused-ring (bicyclic) bond motifs is 5. The smallest absolute Gasteiger partial charge is 0.164 e. The van der Waals surface area contributed by atoms with Crippen LogP contribution in [0.15, 0.2) is 146 Å². The van der Waals surface area contributed by atoms with Crippen LogP contribution in [0.2, 0.25) is 0 Å². The first-order chi connectivity index (χ1) is 25.1. The summed E-state index contributed by atoms with van der Waals surface area (Å²) in [6, 6.07) is 42.8. The molecule has 6 aromatic rings. The number of aromatic nitrogens is 3. The molecule has 4 nitrogen and oxygen atoms in total. The molecule has 246 valence electrons. The van der Waals surface area contributed by atoms with E-state index in [4.69, 9.17) is 15.0 Å². The van der Waals surface area contributed by atoms with Crippen molar-refractivity contribution in [3.63, 3.8) is 0 Å². The Morgan fingerprint density at radius 3 is 1.98 bits per heavy atom. The van der Waals surface area contributed by atoms with Crippen molar-refractivity contribution in [2.24, 2.45) is 0 Å². The third-order valence-electron chi connectivity index (χ3n) is 10.4. The molecule has 0 unspecified atom stereocenters. The SMILES string of the molecule is C=C(/C=C\C=C/C)c1nc(-c2ccc(-c3ccccc3)cc2)nc(-c2cccc(-c3ccc4c(c3)C3(CCCCC3)c3cc(C#N)ccc3-4)c2)n1. The van der Waals surface area contributed by atoms with Crippen molar-refractivity contribution in [1.82, 2.24) is 15.0 Å². The lowest BCUT2D eigenvalue weighted by atomic mass is 9.67. The van der Waals surface area contributed by atoms with Crippen LogP contribution < -0.4 is 0 Å². The molecule has 1 fully saturated rings. The molecule has 4 heteroatoms. The fraction of sp³-hybridized carbons (Fsp3) is 0.149. The van der Waals surface area contributed by atoms with Gasteiger partial charge in [0.2, 0.25) is 0 Å². The van der Waals surface area contributed by atoms with Gasteiger partial charge < -0.3 is 0 Å². The van der Waals surface area contributed by atoms with Gasteiger partial charge in [0.25, 0.3) is 0 Å². The lowest BCUT2D eigenvalue weighted by molar-refractivity contribution is 0.353. The van der Waals surface area contributed by atoms with Crippen molar-refractivity contribution < 1.29 is 0 Å². The number of hydrogen-bond acceptors (Lipinski definition) is 4. The molecule has 5 aromatic carbocycles. The van der Waals surface area contributed by atoms with E-state index in [1.165, 1.54) is 47.1 Å². The summed E-state index contributed by atoms with van der Waals surface area (Å²) in [5.41, 5.74) is 13.1. The molecular formula is C47H38N4. The van der Waals surface area contributed by atoms with E-state index in [0.29, 0.717) is 23.0 Å². The Labute approximate surface area is 300 Å². The molecule has 0 amide bonds. The average Bonchev–Trinajstić information content (AvgIpc) is 3.45. The number of benzene rings is 5. The summed E-state index contributed by atoms with van der Waals surface area (Å²) in [4.78, 5) is 14.9. The third kappa shape index (κ3) is 6.02. The molecule has 2 aliphatic carbocycles. The largest absolute Gasteiger partial charge is 0.208 e. The highest BCUT2D eigenvalue weighted by molar-refractivity contribution is 5.85. The number of allylic oxidation sites excluding steroid dienone is 5. The van der Waals surface area contributed by atoms with E-state index in [1.807, 2.05) is 43.4 Å². The van der Waals surface area contributed by atoms with Crippen LogP contribution in [0.25, 0.3) is 61.7 Å². The van der Waals surface area contributed by atoms with E-state index in [0.717, 1.165) is 46.2 Å². The lowest BCUT2D eigenvalue weighted by Crippen LogP contribution is -2.28. The zero-order valence-corrected chi connectivity index (χ0v) is 28.8. The summed E-state index contributed by atoms with van der Waals surface area (Å²) >= 11 is 0. The molecule has 1 aromatic heterocycles. The first-order valence-corrected chi connectivity index (χ1v) is 17.8. The Hall–Kier alpha value is -6.18. The van der Waals surface area contributed by atoms with Crippen molar-refractivity contribution in [2.75, 3.05) is 0 Å². The van der Waals surface area contributed by atoms with Gasteiger partial charge in [0, 0.05) is 22.1 Å². The summed E-state index contributed by atoms with van der Waals surface area (Å²) in [5.74, 6) is 1.75. The predicted octanol–water partition coefficient (Wildman–Crippen LogP) is 11.8. The van der Waals surface area contributed by atoms with E-state index in [-0.39, 0.29) is 5.41 Å². The molecule has 0 N–H and O–H groups in total. The van der Waals surface area contributed by atoms with Gasteiger partial charge in [0.15, 0.2) is 17.5 Å². The molecule has 0 aliphatic heterocycles. The van der Waals surface area contributed by atoms with Gasteiger partial charge in [-0.2, -0.15) is 5.26 Å². The summed E-state index contributed by atoms with van der Waals surface area (Å²) in [6.07, 6.45) is 13.7. The van der Waals surface area contributed by atoms with Crippen LogP contribution in [-0.2, 0) is 5.41 Å². The van der Waals surface area contributed by atoms with E-state index in [2.05, 4.69) is 116 Å². The first kappa shape index (κ1) is 32.0. The molecule has 51 heavy (non-hydrogen) atoms. The van der Waals surface area contributed by atoms with Crippen molar-refractivity contribution >= 4 is 5.57 Å². The van der Waals surface area contributed by atoms with Gasteiger partial charge in [-0.25, -0.2) is 15.0 Å². The Bertz CT molecular complexity index is 2370. The third-order valence-corrected chi connectivity index (χ3v) is 10.4. The van der Waals surface area contributed by atoms with Gasteiger partial charge in [-0.1, -0.05) is 141 Å². The van der Waals surface area contributed by atoms with Crippen molar-refractivity contribution in [1.29, 1.82) is 5.26 Å². The molecule has 1 heterocycles. The fourth-order valence-electron chi connectivity index (χ4n) is 7.85.